The summed E-state index contributed by atoms with van der Waals surface area (Å²) in [7, 11) is 0. The maximum Gasteiger partial charge on any atom is -0.000695 e. The Balaban J connectivity index is 1.02. The maximum absolute atomic E-state index is 2.50. The molecular weight excluding hydrogens is 889 g/mol. The van der Waals surface area contributed by atoms with Gasteiger partial charge in [-0.15, -0.1) is 0 Å². The predicted molar refractivity (Wildman–Crippen MR) is 319 cm³/mol. The molecule has 0 bridgehead atoms. The second-order valence-electron chi connectivity index (χ2n) is 20.8. The van der Waals surface area contributed by atoms with Crippen LogP contribution in [0.25, 0.3) is 185 Å². The van der Waals surface area contributed by atoms with Crippen LogP contribution in [-0.4, -0.2) is 0 Å². The van der Waals surface area contributed by atoms with E-state index in [9.17, 15) is 0 Å². The third-order valence-corrected chi connectivity index (χ3v) is 17.4. The van der Waals surface area contributed by atoms with Crippen LogP contribution in [-0.2, 0) is 0 Å². The lowest BCUT2D eigenvalue weighted by atomic mass is 9.82. The highest BCUT2D eigenvalue weighted by molar-refractivity contribution is 6.53. The second kappa shape index (κ2) is 14.1. The molecule has 17 aromatic rings. The van der Waals surface area contributed by atoms with Crippen LogP contribution >= 0.6 is 0 Å². The van der Waals surface area contributed by atoms with Crippen LogP contribution in [0, 0.1) is 0 Å². The lowest BCUT2D eigenvalue weighted by molar-refractivity contribution is 1.61. The molecule has 0 aromatic heterocycles. The Morgan fingerprint density at radius 2 is 0.514 bits per heavy atom. The Morgan fingerprint density at radius 3 is 1.11 bits per heavy atom. The maximum atomic E-state index is 2.50. The third kappa shape index (κ3) is 4.75. The summed E-state index contributed by atoms with van der Waals surface area (Å²) in [6.07, 6.45) is 0. The smallest absolute Gasteiger partial charge is 0.000695 e. The van der Waals surface area contributed by atoms with Gasteiger partial charge >= 0.3 is 0 Å². The van der Waals surface area contributed by atoms with Crippen molar-refractivity contribution in [3.63, 3.8) is 0 Å². The lowest BCUT2D eigenvalue weighted by Gasteiger charge is -2.20. The first-order chi connectivity index (χ1) is 36.8. The van der Waals surface area contributed by atoms with Crippen molar-refractivity contribution in [2.45, 2.75) is 0 Å². The van der Waals surface area contributed by atoms with Crippen LogP contribution in [0.2, 0.25) is 0 Å². The van der Waals surface area contributed by atoms with E-state index in [-0.39, 0.29) is 0 Å². The molecule has 18 rings (SSSR count). The van der Waals surface area contributed by atoms with Crippen molar-refractivity contribution in [1.82, 2.24) is 0 Å². The number of benzene rings is 15. The van der Waals surface area contributed by atoms with E-state index in [1.807, 2.05) is 0 Å². The fraction of sp³-hybridized carbons (Fsp3) is 0. The van der Waals surface area contributed by atoms with Gasteiger partial charge in [0.05, 0.1) is 0 Å². The fourth-order valence-corrected chi connectivity index (χ4v) is 14.7. The van der Waals surface area contributed by atoms with Gasteiger partial charge in [-0.05, 0) is 191 Å². The minimum atomic E-state index is 1.23. The van der Waals surface area contributed by atoms with Crippen LogP contribution < -0.4 is 0 Å². The SMILES string of the molecule is c1ccc(-c2ccccc2-c2c3cc4ccccc4c4c5ccccc5c(c5c6ccc7c8ccc9c%10c(ccc(c%11ccc(c25)c6c%117)c%108)-c2c-9c(-c5ccccc5)c5ccccc5c2-c2ccccc2)c34)cc1. The van der Waals surface area contributed by atoms with E-state index in [0.29, 0.717) is 0 Å². The van der Waals surface area contributed by atoms with Gasteiger partial charge in [-0.1, -0.05) is 237 Å². The van der Waals surface area contributed by atoms with Gasteiger partial charge in [0, 0.05) is 0 Å². The Labute approximate surface area is 425 Å². The molecule has 0 nitrogen and oxygen atoms in total. The van der Waals surface area contributed by atoms with E-state index < -0.39 is 0 Å². The van der Waals surface area contributed by atoms with Gasteiger partial charge < -0.3 is 0 Å². The Hall–Kier alpha value is -9.62. The molecule has 0 radical (unpaired) electrons. The highest BCUT2D eigenvalue weighted by atomic mass is 14.4. The second-order valence-corrected chi connectivity index (χ2v) is 20.8. The molecule has 0 saturated heterocycles. The topological polar surface area (TPSA) is 0 Å². The van der Waals surface area contributed by atoms with Crippen molar-refractivity contribution in [1.29, 1.82) is 0 Å². The fourth-order valence-electron chi connectivity index (χ4n) is 14.7. The molecule has 0 saturated carbocycles. The molecule has 17 aromatic carbocycles. The molecule has 0 unspecified atom stereocenters. The molecule has 0 spiro atoms. The summed E-state index contributed by atoms with van der Waals surface area (Å²) in [5.41, 5.74) is 15.5. The number of fused-ring (bicyclic) bond motifs is 15. The van der Waals surface area contributed by atoms with Crippen molar-refractivity contribution in [2.24, 2.45) is 0 Å². The van der Waals surface area contributed by atoms with E-state index in [1.165, 1.54) is 185 Å². The average molecular weight is 929 g/mol. The van der Waals surface area contributed by atoms with Crippen LogP contribution in [0.4, 0.5) is 0 Å². The van der Waals surface area contributed by atoms with Crippen LogP contribution in [0.5, 0.6) is 0 Å². The highest BCUT2D eigenvalue weighted by Crippen LogP contribution is 2.61. The monoisotopic (exact) mass is 928 g/mol. The Bertz CT molecular complexity index is 5120. The van der Waals surface area contributed by atoms with Crippen molar-refractivity contribution < 1.29 is 0 Å². The predicted octanol–water partition coefficient (Wildman–Crippen LogP) is 21.0. The molecule has 0 heterocycles. The zero-order chi connectivity index (χ0) is 47.9. The zero-order valence-corrected chi connectivity index (χ0v) is 40.1. The average Bonchev–Trinajstić information content (AvgIpc) is 4.24. The zero-order valence-electron chi connectivity index (χ0n) is 40.1. The molecule has 74 heavy (non-hydrogen) atoms. The van der Waals surface area contributed by atoms with Gasteiger partial charge in [-0.2, -0.15) is 0 Å². The molecule has 1 aliphatic rings. The van der Waals surface area contributed by atoms with Crippen molar-refractivity contribution in [3.8, 4) is 66.8 Å². The Kier molecular flexibility index (Phi) is 7.43. The van der Waals surface area contributed by atoms with Gasteiger partial charge in [0.15, 0.2) is 0 Å². The first-order valence-corrected chi connectivity index (χ1v) is 26.0. The molecule has 0 aliphatic heterocycles. The summed E-state index contributed by atoms with van der Waals surface area (Å²) in [4.78, 5) is 0. The number of hydrogen-bond acceptors (Lipinski definition) is 0. The van der Waals surface area contributed by atoms with E-state index >= 15 is 0 Å². The highest BCUT2D eigenvalue weighted by Gasteiger charge is 2.33. The molecule has 336 valence electrons. The molecule has 0 N–H and O–H groups in total. The minimum Gasteiger partial charge on any atom is -0.0622 e. The first-order valence-electron chi connectivity index (χ1n) is 26.0. The summed E-state index contributed by atoms with van der Waals surface area (Å²) in [6, 6.07) is 91.9. The number of rotatable bonds is 4. The van der Waals surface area contributed by atoms with E-state index in [0.717, 1.165) is 0 Å². The lowest BCUT2D eigenvalue weighted by Crippen LogP contribution is -1.93. The van der Waals surface area contributed by atoms with Gasteiger partial charge in [0.25, 0.3) is 0 Å². The van der Waals surface area contributed by atoms with Crippen LogP contribution in [0.15, 0.2) is 243 Å². The summed E-state index contributed by atoms with van der Waals surface area (Å²) < 4.78 is 0. The number of hydrogen-bond donors (Lipinski definition) is 0. The van der Waals surface area contributed by atoms with Gasteiger partial charge in [-0.3, -0.25) is 0 Å². The quantitative estimate of drug-likeness (QED) is 0.122. The van der Waals surface area contributed by atoms with Gasteiger partial charge in [-0.25, -0.2) is 0 Å². The van der Waals surface area contributed by atoms with Crippen molar-refractivity contribution in [2.75, 3.05) is 0 Å². The third-order valence-electron chi connectivity index (χ3n) is 17.4. The van der Waals surface area contributed by atoms with E-state index in [2.05, 4.69) is 243 Å². The molecule has 0 heteroatoms. The molecule has 0 fully saturated rings. The van der Waals surface area contributed by atoms with Crippen LogP contribution in [0.1, 0.15) is 0 Å². The summed E-state index contributed by atoms with van der Waals surface area (Å²) in [5.74, 6) is 0. The van der Waals surface area contributed by atoms with Gasteiger partial charge in [0.1, 0.15) is 0 Å². The normalized spacial score (nSPS) is 12.6. The standard InChI is InChI=1S/C74H40/c1-4-18-41(19-5-1)45-25-12-13-27-47(45)66-60-40-44-24-10-11-26-46(44)63-50-30-16-17-31-51(50)69(74(60)63)73-59-39-35-55-53-33-37-57-67-56(36-32-52(64(53)67)54-34-38-58(72(66)73)68(59)65(54)55)70-61(42-20-6-2-7-21-42)48-28-14-15-29-49(48)62(71(57)70)43-22-8-3-9-23-43/h1-40H. The molecular formula is C74H40. The molecule has 0 amide bonds. The molecule has 1 aliphatic carbocycles. The van der Waals surface area contributed by atoms with Crippen LogP contribution in [0.3, 0.4) is 0 Å². The molecule has 0 atom stereocenters. The van der Waals surface area contributed by atoms with E-state index in [4.69, 9.17) is 0 Å². The van der Waals surface area contributed by atoms with Crippen molar-refractivity contribution in [3.05, 3.63) is 243 Å². The largest absolute Gasteiger partial charge is 0.0622 e. The van der Waals surface area contributed by atoms with Crippen molar-refractivity contribution >= 4 is 118 Å². The van der Waals surface area contributed by atoms with E-state index in [1.54, 1.807) is 0 Å². The summed E-state index contributed by atoms with van der Waals surface area (Å²) in [6.45, 7) is 0. The minimum absolute atomic E-state index is 1.23. The first kappa shape index (κ1) is 39.0. The van der Waals surface area contributed by atoms with Gasteiger partial charge in [0.2, 0.25) is 0 Å². The summed E-state index contributed by atoms with van der Waals surface area (Å²) in [5, 5.41) is 29.3. The summed E-state index contributed by atoms with van der Waals surface area (Å²) >= 11 is 0. The Morgan fingerprint density at radius 1 is 0.149 bits per heavy atom.